The molecule has 0 radical (unpaired) electrons. The predicted octanol–water partition coefficient (Wildman–Crippen LogP) is 2.82. The van der Waals surface area contributed by atoms with Crippen molar-refractivity contribution in [3.63, 3.8) is 0 Å². The van der Waals surface area contributed by atoms with E-state index >= 15 is 0 Å². The van der Waals surface area contributed by atoms with Crippen LogP contribution in [0.4, 0.5) is 0 Å². The van der Waals surface area contributed by atoms with Crippen LogP contribution < -0.4 is 5.32 Å². The van der Waals surface area contributed by atoms with Gasteiger partial charge in [-0.2, -0.15) is 11.8 Å². The average molecular weight is 243 g/mol. The number of ether oxygens (including phenoxy) is 1. The molecule has 2 saturated heterocycles. The van der Waals surface area contributed by atoms with Crippen molar-refractivity contribution < 1.29 is 4.74 Å². The molecule has 3 heteroatoms. The molecule has 0 amide bonds. The second-order valence-corrected chi connectivity index (χ2v) is 6.36. The quantitative estimate of drug-likeness (QED) is 0.802. The highest BCUT2D eigenvalue weighted by atomic mass is 32.2. The molecule has 0 aromatic rings. The Morgan fingerprint density at radius 1 is 1.31 bits per heavy atom. The number of hydrogen-bond acceptors (Lipinski definition) is 3. The van der Waals surface area contributed by atoms with E-state index in [1.165, 1.54) is 50.7 Å². The Morgan fingerprint density at radius 2 is 2.25 bits per heavy atom. The molecule has 16 heavy (non-hydrogen) atoms. The van der Waals surface area contributed by atoms with Crippen molar-refractivity contribution in [2.45, 2.75) is 62.3 Å². The number of hydrogen-bond donors (Lipinski definition) is 1. The normalized spacial score (nSPS) is 32.8. The van der Waals surface area contributed by atoms with Gasteiger partial charge in [-0.25, -0.2) is 0 Å². The lowest BCUT2D eigenvalue weighted by molar-refractivity contribution is 0.0996. The predicted molar refractivity (Wildman–Crippen MR) is 71.2 cm³/mol. The Labute approximate surface area is 104 Å². The molecule has 0 aromatic heterocycles. The summed E-state index contributed by atoms with van der Waals surface area (Å²) in [7, 11) is 2.12. The van der Waals surface area contributed by atoms with Gasteiger partial charge in [-0.05, 0) is 51.3 Å². The topological polar surface area (TPSA) is 21.3 Å². The van der Waals surface area contributed by atoms with Crippen molar-refractivity contribution in [1.29, 1.82) is 0 Å². The SMILES string of the molecule is CNC(CCC1CCCO1)C1CCCCS1. The Kier molecular flexibility index (Phi) is 5.46. The first-order valence-corrected chi connectivity index (χ1v) is 7.85. The van der Waals surface area contributed by atoms with Crippen LogP contribution in [-0.2, 0) is 4.74 Å². The van der Waals surface area contributed by atoms with Crippen LogP contribution >= 0.6 is 11.8 Å². The van der Waals surface area contributed by atoms with E-state index in [-0.39, 0.29) is 0 Å². The monoisotopic (exact) mass is 243 g/mol. The maximum absolute atomic E-state index is 5.70. The fraction of sp³-hybridized carbons (Fsp3) is 1.00. The van der Waals surface area contributed by atoms with Crippen LogP contribution in [0.5, 0.6) is 0 Å². The third-order valence-electron chi connectivity index (χ3n) is 3.86. The third kappa shape index (κ3) is 3.64. The molecular weight excluding hydrogens is 218 g/mol. The van der Waals surface area contributed by atoms with E-state index in [9.17, 15) is 0 Å². The summed E-state index contributed by atoms with van der Waals surface area (Å²) in [5, 5.41) is 4.37. The average Bonchev–Trinajstić information content (AvgIpc) is 2.84. The molecule has 2 aliphatic heterocycles. The first kappa shape index (κ1) is 12.7. The lowest BCUT2D eigenvalue weighted by Crippen LogP contribution is -2.37. The van der Waals surface area contributed by atoms with Crippen LogP contribution in [0.1, 0.15) is 44.9 Å². The molecule has 3 unspecified atom stereocenters. The van der Waals surface area contributed by atoms with Gasteiger partial charge in [0, 0.05) is 17.9 Å². The van der Waals surface area contributed by atoms with E-state index in [1.807, 2.05) is 0 Å². The van der Waals surface area contributed by atoms with Gasteiger partial charge < -0.3 is 10.1 Å². The van der Waals surface area contributed by atoms with Gasteiger partial charge in [0.15, 0.2) is 0 Å². The van der Waals surface area contributed by atoms with Gasteiger partial charge in [0.25, 0.3) is 0 Å². The minimum Gasteiger partial charge on any atom is -0.378 e. The molecule has 0 aromatic carbocycles. The van der Waals surface area contributed by atoms with E-state index in [2.05, 4.69) is 24.1 Å². The van der Waals surface area contributed by atoms with Gasteiger partial charge in [-0.1, -0.05) is 6.42 Å². The third-order valence-corrected chi connectivity index (χ3v) is 5.37. The van der Waals surface area contributed by atoms with Crippen molar-refractivity contribution in [3.05, 3.63) is 0 Å². The summed E-state index contributed by atoms with van der Waals surface area (Å²) in [6, 6.07) is 0.703. The van der Waals surface area contributed by atoms with Crippen LogP contribution in [0.3, 0.4) is 0 Å². The molecule has 0 saturated carbocycles. The Bertz CT molecular complexity index is 188. The van der Waals surface area contributed by atoms with Crippen LogP contribution in [0.2, 0.25) is 0 Å². The second kappa shape index (κ2) is 6.87. The number of thioether (sulfide) groups is 1. The zero-order valence-corrected chi connectivity index (χ0v) is 11.2. The molecular formula is C13H25NOS. The summed E-state index contributed by atoms with van der Waals surface area (Å²) in [5.74, 6) is 1.36. The first-order valence-electron chi connectivity index (χ1n) is 6.80. The highest BCUT2D eigenvalue weighted by Gasteiger charge is 2.24. The van der Waals surface area contributed by atoms with Gasteiger partial charge in [-0.15, -0.1) is 0 Å². The number of rotatable bonds is 5. The lowest BCUT2D eigenvalue weighted by atomic mass is 10.00. The molecule has 2 nitrogen and oxygen atoms in total. The van der Waals surface area contributed by atoms with Crippen molar-refractivity contribution in [2.75, 3.05) is 19.4 Å². The van der Waals surface area contributed by atoms with Crippen molar-refractivity contribution in [3.8, 4) is 0 Å². The van der Waals surface area contributed by atoms with Crippen molar-refractivity contribution >= 4 is 11.8 Å². The van der Waals surface area contributed by atoms with Crippen molar-refractivity contribution in [1.82, 2.24) is 5.32 Å². The Hall–Kier alpha value is 0.270. The fourth-order valence-corrected chi connectivity index (χ4v) is 4.35. The van der Waals surface area contributed by atoms with E-state index in [1.54, 1.807) is 0 Å². The van der Waals surface area contributed by atoms with Gasteiger partial charge >= 0.3 is 0 Å². The molecule has 0 spiro atoms. The molecule has 1 N–H and O–H groups in total. The van der Waals surface area contributed by atoms with Crippen LogP contribution in [-0.4, -0.2) is 36.8 Å². The smallest absolute Gasteiger partial charge is 0.0576 e. The van der Waals surface area contributed by atoms with Crippen molar-refractivity contribution in [2.24, 2.45) is 0 Å². The van der Waals surface area contributed by atoms with Crippen LogP contribution in [0.25, 0.3) is 0 Å². The zero-order chi connectivity index (χ0) is 11.2. The summed E-state index contributed by atoms with van der Waals surface area (Å²) in [6.07, 6.45) is 9.91. The van der Waals surface area contributed by atoms with Crippen LogP contribution in [0.15, 0.2) is 0 Å². The first-order chi connectivity index (χ1) is 7.90. The Balaban J connectivity index is 1.70. The molecule has 0 aliphatic carbocycles. The lowest BCUT2D eigenvalue weighted by Gasteiger charge is -2.30. The highest BCUT2D eigenvalue weighted by molar-refractivity contribution is 8.00. The fourth-order valence-electron chi connectivity index (χ4n) is 2.84. The molecule has 2 rings (SSSR count). The summed E-state index contributed by atoms with van der Waals surface area (Å²) < 4.78 is 5.70. The largest absolute Gasteiger partial charge is 0.378 e. The summed E-state index contributed by atoms with van der Waals surface area (Å²) in [5.41, 5.74) is 0. The molecule has 0 bridgehead atoms. The summed E-state index contributed by atoms with van der Waals surface area (Å²) in [6.45, 7) is 0.993. The molecule has 2 aliphatic rings. The Morgan fingerprint density at radius 3 is 2.88 bits per heavy atom. The maximum Gasteiger partial charge on any atom is 0.0576 e. The summed E-state index contributed by atoms with van der Waals surface area (Å²) >= 11 is 2.18. The molecule has 2 fully saturated rings. The minimum absolute atomic E-state index is 0.560. The van der Waals surface area contributed by atoms with Crippen LogP contribution in [0, 0.1) is 0 Å². The molecule has 94 valence electrons. The zero-order valence-electron chi connectivity index (χ0n) is 10.4. The highest BCUT2D eigenvalue weighted by Crippen LogP contribution is 2.30. The van der Waals surface area contributed by atoms with E-state index in [0.717, 1.165) is 11.9 Å². The van der Waals surface area contributed by atoms with Gasteiger partial charge in [0.1, 0.15) is 0 Å². The van der Waals surface area contributed by atoms with E-state index in [0.29, 0.717) is 12.1 Å². The van der Waals surface area contributed by atoms with E-state index < -0.39 is 0 Å². The van der Waals surface area contributed by atoms with E-state index in [4.69, 9.17) is 4.74 Å². The van der Waals surface area contributed by atoms with Gasteiger partial charge in [0.05, 0.1) is 6.10 Å². The molecule has 3 atom stereocenters. The minimum atomic E-state index is 0.560. The van der Waals surface area contributed by atoms with Gasteiger partial charge in [-0.3, -0.25) is 0 Å². The maximum atomic E-state index is 5.70. The van der Waals surface area contributed by atoms with Gasteiger partial charge in [0.2, 0.25) is 0 Å². The standard InChI is InChI=1S/C13H25NOS/c1-14-12(13-6-2-3-10-16-13)8-7-11-5-4-9-15-11/h11-14H,2-10H2,1H3. The molecule has 2 heterocycles. The number of nitrogens with one attached hydrogen (secondary N) is 1. The summed E-state index contributed by atoms with van der Waals surface area (Å²) in [4.78, 5) is 0. The second-order valence-electron chi connectivity index (χ2n) is 5.01.